The minimum absolute atomic E-state index is 0.0748. The SMILES string of the molecule is CCc1ccc(C(N)CCc2ccccc2OC)cc1. The van der Waals surface area contributed by atoms with Crippen molar-refractivity contribution in [2.45, 2.75) is 32.2 Å². The zero-order valence-electron chi connectivity index (χ0n) is 12.3. The number of hydrogen-bond donors (Lipinski definition) is 1. The van der Waals surface area contributed by atoms with Gasteiger partial charge in [-0.15, -0.1) is 0 Å². The standard InChI is InChI=1S/C18H23NO/c1-3-14-8-10-15(11-9-14)17(19)13-12-16-6-4-5-7-18(16)20-2/h4-11,17H,3,12-13,19H2,1-2H3. The molecule has 1 atom stereocenters. The Morgan fingerprint density at radius 3 is 2.40 bits per heavy atom. The average molecular weight is 269 g/mol. The molecule has 0 saturated carbocycles. The fourth-order valence-electron chi connectivity index (χ4n) is 2.39. The number of para-hydroxylation sites is 1. The van der Waals surface area contributed by atoms with E-state index in [2.05, 4.69) is 37.3 Å². The van der Waals surface area contributed by atoms with E-state index in [9.17, 15) is 0 Å². The molecule has 0 spiro atoms. The molecule has 2 rings (SSSR count). The van der Waals surface area contributed by atoms with Crippen molar-refractivity contribution in [2.24, 2.45) is 5.73 Å². The summed E-state index contributed by atoms with van der Waals surface area (Å²) in [6.07, 6.45) is 2.92. The van der Waals surface area contributed by atoms with E-state index in [0.717, 1.165) is 25.0 Å². The van der Waals surface area contributed by atoms with Crippen molar-refractivity contribution in [1.82, 2.24) is 0 Å². The van der Waals surface area contributed by atoms with Crippen LogP contribution in [-0.4, -0.2) is 7.11 Å². The molecule has 0 aromatic heterocycles. The van der Waals surface area contributed by atoms with Crippen molar-refractivity contribution in [2.75, 3.05) is 7.11 Å². The maximum Gasteiger partial charge on any atom is 0.122 e. The van der Waals surface area contributed by atoms with Crippen LogP contribution in [0.5, 0.6) is 5.75 Å². The number of nitrogens with two attached hydrogens (primary N) is 1. The maximum atomic E-state index is 6.29. The molecule has 0 saturated heterocycles. The van der Waals surface area contributed by atoms with E-state index in [-0.39, 0.29) is 6.04 Å². The Labute approximate surface area is 121 Å². The molecular formula is C18H23NO. The smallest absolute Gasteiger partial charge is 0.122 e. The summed E-state index contributed by atoms with van der Waals surface area (Å²) in [6, 6.07) is 16.8. The van der Waals surface area contributed by atoms with Crippen LogP contribution in [0.2, 0.25) is 0 Å². The summed E-state index contributed by atoms with van der Waals surface area (Å²) in [5.41, 5.74) is 10.1. The van der Waals surface area contributed by atoms with E-state index in [1.54, 1.807) is 7.11 Å². The first-order chi connectivity index (χ1) is 9.74. The fourth-order valence-corrected chi connectivity index (χ4v) is 2.39. The number of methoxy groups -OCH3 is 1. The van der Waals surface area contributed by atoms with E-state index < -0.39 is 0 Å². The zero-order chi connectivity index (χ0) is 14.4. The maximum absolute atomic E-state index is 6.29. The molecular weight excluding hydrogens is 246 g/mol. The van der Waals surface area contributed by atoms with Gasteiger partial charge in [0, 0.05) is 6.04 Å². The number of ether oxygens (including phenoxy) is 1. The highest BCUT2D eigenvalue weighted by Gasteiger charge is 2.08. The van der Waals surface area contributed by atoms with Crippen molar-refractivity contribution < 1.29 is 4.74 Å². The van der Waals surface area contributed by atoms with Crippen LogP contribution in [-0.2, 0) is 12.8 Å². The lowest BCUT2D eigenvalue weighted by molar-refractivity contribution is 0.408. The van der Waals surface area contributed by atoms with E-state index in [0.29, 0.717) is 0 Å². The van der Waals surface area contributed by atoms with Crippen molar-refractivity contribution in [1.29, 1.82) is 0 Å². The molecule has 0 fully saturated rings. The van der Waals surface area contributed by atoms with Crippen LogP contribution < -0.4 is 10.5 Å². The highest BCUT2D eigenvalue weighted by atomic mass is 16.5. The van der Waals surface area contributed by atoms with Crippen LogP contribution >= 0.6 is 0 Å². The van der Waals surface area contributed by atoms with Crippen molar-refractivity contribution in [3.05, 3.63) is 65.2 Å². The molecule has 0 aliphatic carbocycles. The molecule has 106 valence electrons. The molecule has 0 aliphatic heterocycles. The van der Waals surface area contributed by atoms with Gasteiger partial charge >= 0.3 is 0 Å². The summed E-state index contributed by atoms with van der Waals surface area (Å²) in [6.45, 7) is 2.16. The van der Waals surface area contributed by atoms with Crippen LogP contribution in [0.3, 0.4) is 0 Å². The minimum atomic E-state index is 0.0748. The third-order valence-electron chi connectivity index (χ3n) is 3.73. The summed E-state index contributed by atoms with van der Waals surface area (Å²) in [5, 5.41) is 0. The van der Waals surface area contributed by atoms with Crippen LogP contribution in [0.1, 0.15) is 36.1 Å². The molecule has 1 unspecified atom stereocenters. The molecule has 2 aromatic carbocycles. The molecule has 2 heteroatoms. The number of hydrogen-bond acceptors (Lipinski definition) is 2. The van der Waals surface area contributed by atoms with Crippen LogP contribution in [0.25, 0.3) is 0 Å². The summed E-state index contributed by atoms with van der Waals surface area (Å²) in [4.78, 5) is 0. The molecule has 2 N–H and O–H groups in total. The number of benzene rings is 2. The Bertz CT molecular complexity index is 533. The molecule has 0 heterocycles. The molecule has 0 aliphatic rings. The second kappa shape index (κ2) is 7.11. The zero-order valence-corrected chi connectivity index (χ0v) is 12.3. The highest BCUT2D eigenvalue weighted by Crippen LogP contribution is 2.23. The van der Waals surface area contributed by atoms with Gasteiger partial charge in [-0.3, -0.25) is 0 Å². The Morgan fingerprint density at radius 1 is 1.05 bits per heavy atom. The van der Waals surface area contributed by atoms with E-state index in [4.69, 9.17) is 10.5 Å². The van der Waals surface area contributed by atoms with Gasteiger partial charge in [0.2, 0.25) is 0 Å². The van der Waals surface area contributed by atoms with Gasteiger partial charge < -0.3 is 10.5 Å². The Hall–Kier alpha value is -1.80. The minimum Gasteiger partial charge on any atom is -0.496 e. The second-order valence-electron chi connectivity index (χ2n) is 5.05. The van der Waals surface area contributed by atoms with Gasteiger partial charge in [0.05, 0.1) is 7.11 Å². The Morgan fingerprint density at radius 2 is 1.75 bits per heavy atom. The first-order valence-corrected chi connectivity index (χ1v) is 7.21. The van der Waals surface area contributed by atoms with Crippen molar-refractivity contribution >= 4 is 0 Å². The van der Waals surface area contributed by atoms with Gasteiger partial charge in [0.1, 0.15) is 5.75 Å². The van der Waals surface area contributed by atoms with E-state index >= 15 is 0 Å². The van der Waals surface area contributed by atoms with Crippen LogP contribution in [0.15, 0.2) is 48.5 Å². The summed E-state index contributed by atoms with van der Waals surface area (Å²) in [7, 11) is 1.71. The largest absolute Gasteiger partial charge is 0.496 e. The van der Waals surface area contributed by atoms with Crippen LogP contribution in [0, 0.1) is 0 Å². The third kappa shape index (κ3) is 3.61. The number of rotatable bonds is 6. The highest BCUT2D eigenvalue weighted by molar-refractivity contribution is 5.33. The predicted molar refractivity (Wildman–Crippen MR) is 84.1 cm³/mol. The van der Waals surface area contributed by atoms with E-state index in [1.807, 2.05) is 18.2 Å². The lowest BCUT2D eigenvalue weighted by atomic mass is 9.98. The first-order valence-electron chi connectivity index (χ1n) is 7.21. The summed E-state index contributed by atoms with van der Waals surface area (Å²) < 4.78 is 5.37. The molecule has 0 radical (unpaired) electrons. The topological polar surface area (TPSA) is 35.2 Å². The molecule has 2 aromatic rings. The summed E-state index contributed by atoms with van der Waals surface area (Å²) in [5.74, 6) is 0.945. The quantitative estimate of drug-likeness (QED) is 0.863. The van der Waals surface area contributed by atoms with Gasteiger partial charge in [0.15, 0.2) is 0 Å². The van der Waals surface area contributed by atoms with Crippen LogP contribution in [0.4, 0.5) is 0 Å². The lowest BCUT2D eigenvalue weighted by Gasteiger charge is -2.14. The molecule has 0 amide bonds. The molecule has 2 nitrogen and oxygen atoms in total. The third-order valence-corrected chi connectivity index (χ3v) is 3.73. The van der Waals surface area contributed by atoms with Gasteiger partial charge in [-0.25, -0.2) is 0 Å². The predicted octanol–water partition coefficient (Wildman–Crippen LogP) is 3.89. The monoisotopic (exact) mass is 269 g/mol. The lowest BCUT2D eigenvalue weighted by Crippen LogP contribution is -2.11. The van der Waals surface area contributed by atoms with Gasteiger partial charge in [-0.2, -0.15) is 0 Å². The van der Waals surface area contributed by atoms with Crippen molar-refractivity contribution in [3.8, 4) is 5.75 Å². The van der Waals surface area contributed by atoms with Gasteiger partial charge in [-0.1, -0.05) is 49.4 Å². The Balaban J connectivity index is 1.98. The molecule has 0 bridgehead atoms. The number of aryl methyl sites for hydroxylation is 2. The van der Waals surface area contributed by atoms with Crippen molar-refractivity contribution in [3.63, 3.8) is 0 Å². The normalized spacial score (nSPS) is 12.2. The molecule has 20 heavy (non-hydrogen) atoms. The fraction of sp³-hybridized carbons (Fsp3) is 0.333. The van der Waals surface area contributed by atoms with Gasteiger partial charge in [-0.05, 0) is 42.0 Å². The van der Waals surface area contributed by atoms with E-state index in [1.165, 1.54) is 16.7 Å². The summed E-state index contributed by atoms with van der Waals surface area (Å²) >= 11 is 0. The Kier molecular flexibility index (Phi) is 5.19. The van der Waals surface area contributed by atoms with Gasteiger partial charge in [0.25, 0.3) is 0 Å². The average Bonchev–Trinajstić information content (AvgIpc) is 2.53. The second-order valence-corrected chi connectivity index (χ2v) is 5.05. The first kappa shape index (κ1) is 14.6.